The van der Waals surface area contributed by atoms with Crippen molar-refractivity contribution >= 4 is 28.1 Å². The van der Waals surface area contributed by atoms with Gasteiger partial charge in [-0.2, -0.15) is 18.2 Å². The van der Waals surface area contributed by atoms with Crippen molar-refractivity contribution < 1.29 is 23.1 Å². The zero-order chi connectivity index (χ0) is 21.3. The van der Waals surface area contributed by atoms with E-state index in [-0.39, 0.29) is 35.4 Å². The summed E-state index contributed by atoms with van der Waals surface area (Å²) in [5, 5.41) is 12.8. The number of aromatic hydroxyl groups is 1. The number of benzene rings is 2. The highest BCUT2D eigenvalue weighted by molar-refractivity contribution is 7.15. The first-order valence-corrected chi connectivity index (χ1v) is 10.1. The number of anilines is 2. The van der Waals surface area contributed by atoms with E-state index in [2.05, 4.69) is 10.3 Å². The Morgan fingerprint density at radius 1 is 1.10 bits per heavy atom. The number of para-hydroxylation sites is 1. The SMILES string of the molecule is O=C(CCc1sc(Nc2ccccc2C(F)(F)F)nc1O)N1Cc2ccccc2C1. The van der Waals surface area contributed by atoms with Crippen molar-refractivity contribution in [2.75, 3.05) is 5.32 Å². The third-order valence-electron chi connectivity index (χ3n) is 4.91. The molecule has 1 aromatic heterocycles. The van der Waals surface area contributed by atoms with Crippen molar-refractivity contribution in [1.29, 1.82) is 0 Å². The van der Waals surface area contributed by atoms with Gasteiger partial charge < -0.3 is 15.3 Å². The molecular formula is C21H18F3N3O2S. The van der Waals surface area contributed by atoms with E-state index in [1.807, 2.05) is 24.3 Å². The van der Waals surface area contributed by atoms with Crippen molar-refractivity contribution in [2.24, 2.45) is 0 Å². The minimum Gasteiger partial charge on any atom is -0.492 e. The van der Waals surface area contributed by atoms with Crippen LogP contribution in [0.25, 0.3) is 0 Å². The number of hydrogen-bond donors (Lipinski definition) is 2. The fraction of sp³-hybridized carbons (Fsp3) is 0.238. The van der Waals surface area contributed by atoms with E-state index in [0.717, 1.165) is 28.5 Å². The smallest absolute Gasteiger partial charge is 0.418 e. The maximum Gasteiger partial charge on any atom is 0.418 e. The van der Waals surface area contributed by atoms with Gasteiger partial charge in [-0.15, -0.1) is 0 Å². The molecular weight excluding hydrogens is 415 g/mol. The standard InChI is InChI=1S/C21H18F3N3O2S/c22-21(23,24)15-7-3-4-8-16(15)25-20-26-19(29)17(30-20)9-10-18(28)27-11-13-5-1-2-6-14(13)12-27/h1-8,29H,9-12H2,(H,25,26). The normalized spacial score (nSPS) is 13.4. The molecule has 0 saturated heterocycles. The van der Waals surface area contributed by atoms with E-state index in [4.69, 9.17) is 0 Å². The van der Waals surface area contributed by atoms with Crippen LogP contribution in [0.1, 0.15) is 28.0 Å². The molecule has 1 amide bonds. The topological polar surface area (TPSA) is 65.5 Å². The van der Waals surface area contributed by atoms with Gasteiger partial charge in [0.15, 0.2) is 5.13 Å². The van der Waals surface area contributed by atoms with Crippen LogP contribution >= 0.6 is 11.3 Å². The van der Waals surface area contributed by atoms with E-state index >= 15 is 0 Å². The number of aryl methyl sites for hydroxylation is 1. The first-order chi connectivity index (χ1) is 14.3. The fourth-order valence-electron chi connectivity index (χ4n) is 3.40. The van der Waals surface area contributed by atoms with E-state index < -0.39 is 11.7 Å². The first kappa shape index (κ1) is 20.2. The summed E-state index contributed by atoms with van der Waals surface area (Å²) >= 11 is 1.04. The Labute approximate surface area is 174 Å². The number of aromatic nitrogens is 1. The van der Waals surface area contributed by atoms with Gasteiger partial charge in [0.2, 0.25) is 11.8 Å². The van der Waals surface area contributed by atoms with Crippen molar-refractivity contribution in [3.05, 3.63) is 70.1 Å². The average Bonchev–Trinajstić information content (AvgIpc) is 3.29. The molecule has 3 aromatic rings. The van der Waals surface area contributed by atoms with Crippen LogP contribution < -0.4 is 5.32 Å². The molecule has 4 rings (SSSR count). The lowest BCUT2D eigenvalue weighted by Gasteiger charge is -2.14. The maximum atomic E-state index is 13.1. The van der Waals surface area contributed by atoms with Crippen molar-refractivity contribution in [2.45, 2.75) is 32.1 Å². The second kappa shape index (κ2) is 7.98. The van der Waals surface area contributed by atoms with E-state index in [0.29, 0.717) is 18.0 Å². The summed E-state index contributed by atoms with van der Waals surface area (Å²) in [6.45, 7) is 1.12. The summed E-state index contributed by atoms with van der Waals surface area (Å²) in [5.74, 6) is -0.319. The number of halogens is 3. The monoisotopic (exact) mass is 433 g/mol. The predicted molar refractivity (Wildman–Crippen MR) is 108 cm³/mol. The maximum absolute atomic E-state index is 13.1. The Kier molecular flexibility index (Phi) is 5.38. The number of alkyl halides is 3. The van der Waals surface area contributed by atoms with E-state index in [1.165, 1.54) is 18.2 Å². The minimum atomic E-state index is -4.51. The van der Waals surface area contributed by atoms with Gasteiger partial charge in [-0.3, -0.25) is 4.79 Å². The summed E-state index contributed by atoms with van der Waals surface area (Å²) < 4.78 is 39.4. The molecule has 0 fully saturated rings. The molecule has 5 nitrogen and oxygen atoms in total. The lowest BCUT2D eigenvalue weighted by molar-refractivity contribution is -0.137. The van der Waals surface area contributed by atoms with Crippen LogP contribution in [0.3, 0.4) is 0 Å². The number of hydrogen-bond acceptors (Lipinski definition) is 5. The molecule has 1 aliphatic heterocycles. The largest absolute Gasteiger partial charge is 0.492 e. The second-order valence-electron chi connectivity index (χ2n) is 6.95. The Balaban J connectivity index is 1.40. The minimum absolute atomic E-state index is 0.0454. The van der Waals surface area contributed by atoms with Gasteiger partial charge in [-0.25, -0.2) is 0 Å². The second-order valence-corrected chi connectivity index (χ2v) is 8.04. The zero-order valence-corrected chi connectivity index (χ0v) is 16.6. The number of thiazole rings is 1. The van der Waals surface area contributed by atoms with E-state index in [1.54, 1.807) is 4.90 Å². The Morgan fingerprint density at radius 2 is 1.73 bits per heavy atom. The summed E-state index contributed by atoms with van der Waals surface area (Å²) in [7, 11) is 0. The fourth-order valence-corrected chi connectivity index (χ4v) is 4.27. The highest BCUT2D eigenvalue weighted by atomic mass is 32.1. The first-order valence-electron chi connectivity index (χ1n) is 9.28. The van der Waals surface area contributed by atoms with Crippen molar-refractivity contribution in [3.8, 4) is 5.88 Å². The quantitative estimate of drug-likeness (QED) is 0.589. The molecule has 156 valence electrons. The Hall–Kier alpha value is -3.07. The number of carbonyl (C=O) groups excluding carboxylic acids is 1. The molecule has 0 radical (unpaired) electrons. The van der Waals surface area contributed by atoms with Crippen molar-refractivity contribution in [1.82, 2.24) is 9.88 Å². The molecule has 0 atom stereocenters. The molecule has 9 heteroatoms. The van der Waals surface area contributed by atoms with Gasteiger partial charge in [0, 0.05) is 19.5 Å². The molecule has 0 spiro atoms. The molecule has 2 aromatic carbocycles. The van der Waals surface area contributed by atoms with Crippen LogP contribution in [0.5, 0.6) is 5.88 Å². The van der Waals surface area contributed by atoms with Crippen LogP contribution in [0.15, 0.2) is 48.5 Å². The summed E-state index contributed by atoms with van der Waals surface area (Å²) in [4.78, 5) is 18.6. The Bertz CT molecular complexity index is 1060. The number of fused-ring (bicyclic) bond motifs is 1. The average molecular weight is 433 g/mol. The van der Waals surface area contributed by atoms with Gasteiger partial charge >= 0.3 is 6.18 Å². The van der Waals surface area contributed by atoms with Gasteiger partial charge in [-0.1, -0.05) is 47.7 Å². The summed E-state index contributed by atoms with van der Waals surface area (Å²) in [6.07, 6.45) is -4.06. The molecule has 0 saturated carbocycles. The van der Waals surface area contributed by atoms with Crippen LogP contribution in [-0.2, 0) is 30.5 Å². The molecule has 1 aliphatic rings. The van der Waals surface area contributed by atoms with Crippen LogP contribution in [0.4, 0.5) is 24.0 Å². The highest BCUT2D eigenvalue weighted by Crippen LogP contribution is 2.38. The summed E-state index contributed by atoms with van der Waals surface area (Å²) in [6, 6.07) is 12.9. The summed E-state index contributed by atoms with van der Waals surface area (Å²) in [5.41, 5.74) is 1.30. The highest BCUT2D eigenvalue weighted by Gasteiger charge is 2.33. The molecule has 2 heterocycles. The van der Waals surface area contributed by atoms with Gasteiger partial charge in [0.1, 0.15) is 0 Å². The van der Waals surface area contributed by atoms with Crippen LogP contribution in [0, 0.1) is 0 Å². The van der Waals surface area contributed by atoms with Gasteiger partial charge in [-0.05, 0) is 29.7 Å². The zero-order valence-electron chi connectivity index (χ0n) is 15.7. The number of nitrogens with zero attached hydrogens (tertiary/aromatic N) is 2. The van der Waals surface area contributed by atoms with Gasteiger partial charge in [0.25, 0.3) is 0 Å². The number of carbonyl (C=O) groups is 1. The molecule has 0 aliphatic carbocycles. The molecule has 30 heavy (non-hydrogen) atoms. The third-order valence-corrected chi connectivity index (χ3v) is 5.93. The molecule has 0 unspecified atom stereocenters. The lowest BCUT2D eigenvalue weighted by Crippen LogP contribution is -2.25. The molecule has 2 N–H and O–H groups in total. The Morgan fingerprint density at radius 3 is 2.40 bits per heavy atom. The third kappa shape index (κ3) is 4.25. The van der Waals surface area contributed by atoms with E-state index in [9.17, 15) is 23.1 Å². The van der Waals surface area contributed by atoms with Crippen LogP contribution in [-0.4, -0.2) is 20.9 Å². The van der Waals surface area contributed by atoms with Crippen molar-refractivity contribution in [3.63, 3.8) is 0 Å². The number of rotatable bonds is 5. The molecule has 0 bridgehead atoms. The lowest BCUT2D eigenvalue weighted by atomic mass is 10.1. The van der Waals surface area contributed by atoms with Gasteiger partial charge in [0.05, 0.1) is 16.1 Å². The number of amides is 1. The van der Waals surface area contributed by atoms with Crippen LogP contribution in [0.2, 0.25) is 0 Å². The predicted octanol–water partition coefficient (Wildman–Crippen LogP) is 5.09. The number of nitrogens with one attached hydrogen (secondary N) is 1.